The number of aliphatic hydroxyl groups excluding tert-OH is 1. The monoisotopic (exact) mass is 224 g/mol. The Kier molecular flexibility index (Phi) is 259. The van der Waals surface area contributed by atoms with Gasteiger partial charge in [0.15, 0.2) is 0 Å². The van der Waals surface area contributed by atoms with E-state index in [-0.39, 0.29) is 21.7 Å². The van der Waals surface area contributed by atoms with Crippen molar-refractivity contribution >= 4 is 0 Å². The fraction of sp³-hybridized carbons (Fsp3) is 1.00. The molecule has 0 aliphatic heterocycles. The van der Waals surface area contributed by atoms with Crippen LogP contribution < -0.4 is 0 Å². The van der Waals surface area contributed by atoms with Gasteiger partial charge in [0.05, 0.1) is 21.3 Å². The predicted molar refractivity (Wildman–Crippen MR) is 37.1 cm³/mol. The van der Waals surface area contributed by atoms with Gasteiger partial charge in [0.25, 0.3) is 0 Å². The molecule has 0 heterocycles. The van der Waals surface area contributed by atoms with Crippen molar-refractivity contribution in [3.05, 3.63) is 0 Å². The van der Waals surface area contributed by atoms with Gasteiger partial charge in [-0.1, -0.05) is 0 Å². The summed E-state index contributed by atoms with van der Waals surface area (Å²) in [5.41, 5.74) is 0. The van der Waals surface area contributed by atoms with E-state index in [0.717, 1.165) is 7.11 Å². The van der Waals surface area contributed by atoms with Crippen LogP contribution in [0.4, 0.5) is 0 Å². The first-order valence-corrected chi connectivity index (χ1v) is 2.22. The molecule has 0 saturated heterocycles. The Bertz CT molecular complexity index is 20.1. The average molecular weight is 224 g/mol. The van der Waals surface area contributed by atoms with Crippen LogP contribution in [0.2, 0.25) is 0 Å². The molecular weight excluding hydrogens is 208 g/mol. The second-order valence-corrected chi connectivity index (χ2v) is 0.548. The second kappa shape index (κ2) is 106. The van der Waals surface area contributed by atoms with Gasteiger partial charge in [-0.3, -0.25) is 15.8 Å². The SMILES string of the molecule is CO.COO.COO.COO.[Ti]. The summed E-state index contributed by atoms with van der Waals surface area (Å²) in [6.45, 7) is 0. The Morgan fingerprint density at radius 3 is 0.667 bits per heavy atom. The summed E-state index contributed by atoms with van der Waals surface area (Å²) in [4.78, 5) is 9.75. The summed E-state index contributed by atoms with van der Waals surface area (Å²) in [5.74, 6) is 0. The van der Waals surface area contributed by atoms with E-state index in [0.29, 0.717) is 0 Å². The van der Waals surface area contributed by atoms with Crippen molar-refractivity contribution in [2.24, 2.45) is 0 Å². The van der Waals surface area contributed by atoms with Crippen molar-refractivity contribution < 1.29 is 57.3 Å². The standard InChI is InChI=1S/3CH4O2.CH4O.Ti/c3*1-3-2;1-2;/h3*2H,1H3;2H,1H3;. The van der Waals surface area contributed by atoms with Gasteiger partial charge in [-0.15, -0.1) is 0 Å². The van der Waals surface area contributed by atoms with E-state index in [2.05, 4.69) is 14.7 Å². The van der Waals surface area contributed by atoms with Gasteiger partial charge in [-0.05, 0) is 0 Å². The first kappa shape index (κ1) is 29.4. The topological polar surface area (TPSA) is 109 Å². The van der Waals surface area contributed by atoms with Gasteiger partial charge < -0.3 is 5.11 Å². The maximum atomic E-state index is 7.07. The maximum absolute atomic E-state index is 7.07. The van der Waals surface area contributed by atoms with Crippen molar-refractivity contribution in [2.75, 3.05) is 28.4 Å². The van der Waals surface area contributed by atoms with Crippen LogP contribution >= 0.6 is 0 Å². The van der Waals surface area contributed by atoms with Crippen LogP contribution in [0.15, 0.2) is 0 Å². The van der Waals surface area contributed by atoms with Crippen LogP contribution in [0.3, 0.4) is 0 Å². The molecule has 0 atom stereocenters. The van der Waals surface area contributed by atoms with Crippen molar-refractivity contribution in [1.82, 2.24) is 0 Å². The molecule has 8 heteroatoms. The van der Waals surface area contributed by atoms with Crippen LogP contribution in [0.1, 0.15) is 0 Å². The zero-order chi connectivity index (χ0) is 10.1. The van der Waals surface area contributed by atoms with E-state index in [1.807, 2.05) is 0 Å². The molecule has 0 unspecified atom stereocenters. The van der Waals surface area contributed by atoms with E-state index in [9.17, 15) is 0 Å². The summed E-state index contributed by atoms with van der Waals surface area (Å²) in [6, 6.07) is 0. The van der Waals surface area contributed by atoms with Crippen molar-refractivity contribution in [2.45, 2.75) is 0 Å². The predicted octanol–water partition coefficient (Wildman–Crippen LogP) is -0.0766. The Labute approximate surface area is 86.2 Å². The zero-order valence-corrected chi connectivity index (χ0v) is 9.08. The van der Waals surface area contributed by atoms with E-state index in [1.54, 1.807) is 0 Å². The molecule has 0 saturated carbocycles. The van der Waals surface area contributed by atoms with Gasteiger partial charge in [0.2, 0.25) is 0 Å². The Morgan fingerprint density at radius 2 is 0.667 bits per heavy atom. The zero-order valence-electron chi connectivity index (χ0n) is 7.51. The molecule has 0 aliphatic rings. The normalized spacial score (nSPS) is 5.00. The van der Waals surface area contributed by atoms with Gasteiger partial charge in [0, 0.05) is 28.8 Å². The van der Waals surface area contributed by atoms with Crippen LogP contribution in [-0.4, -0.2) is 49.3 Å². The second-order valence-electron chi connectivity index (χ2n) is 0.548. The molecule has 0 radical (unpaired) electrons. The Morgan fingerprint density at radius 1 is 0.667 bits per heavy atom. The van der Waals surface area contributed by atoms with E-state index in [4.69, 9.17) is 20.9 Å². The number of hydrogen-bond acceptors (Lipinski definition) is 7. The number of hydrogen-bond donors (Lipinski definition) is 4. The molecular formula is C4H16O7Ti. The molecule has 0 aromatic carbocycles. The first-order chi connectivity index (χ1) is 5.24. The minimum absolute atomic E-state index is 0. The molecule has 0 amide bonds. The fourth-order valence-electron chi connectivity index (χ4n) is 0. The molecule has 0 aromatic rings. The summed E-state index contributed by atoms with van der Waals surface area (Å²) in [5, 5.41) is 28.2. The molecule has 4 N–H and O–H groups in total. The number of rotatable bonds is 0. The largest absolute Gasteiger partial charge is 0.400 e. The van der Waals surface area contributed by atoms with Crippen molar-refractivity contribution in [3.63, 3.8) is 0 Å². The van der Waals surface area contributed by atoms with Gasteiger partial charge in [-0.25, -0.2) is 14.7 Å². The van der Waals surface area contributed by atoms with Crippen molar-refractivity contribution in [3.8, 4) is 0 Å². The molecule has 0 aliphatic carbocycles. The van der Waals surface area contributed by atoms with Crippen molar-refractivity contribution in [1.29, 1.82) is 0 Å². The summed E-state index contributed by atoms with van der Waals surface area (Å²) in [7, 11) is 4.54. The van der Waals surface area contributed by atoms with E-state index in [1.165, 1.54) is 21.3 Å². The average Bonchev–Trinajstić information content (AvgIpc) is 1.96. The Hall–Kier alpha value is 0.434. The molecule has 0 fully saturated rings. The molecule has 0 aromatic heterocycles. The summed E-state index contributed by atoms with van der Waals surface area (Å²) >= 11 is 0. The molecule has 7 nitrogen and oxygen atoms in total. The molecule has 0 rings (SSSR count). The smallest absolute Gasteiger partial charge is 0.0710 e. The van der Waals surface area contributed by atoms with Gasteiger partial charge in [0.1, 0.15) is 0 Å². The third kappa shape index (κ3) is 4920. The van der Waals surface area contributed by atoms with Gasteiger partial charge in [-0.2, -0.15) is 0 Å². The molecule has 0 bridgehead atoms. The maximum Gasteiger partial charge on any atom is 0.0710 e. The Balaban J connectivity index is -0.0000000179. The summed E-state index contributed by atoms with van der Waals surface area (Å²) < 4.78 is 0. The summed E-state index contributed by atoms with van der Waals surface area (Å²) in [6.07, 6.45) is 0. The van der Waals surface area contributed by atoms with Crippen LogP contribution in [-0.2, 0) is 36.4 Å². The third-order valence-electron chi connectivity index (χ3n) is 0. The molecule has 12 heavy (non-hydrogen) atoms. The quantitative estimate of drug-likeness (QED) is 0.259. The van der Waals surface area contributed by atoms with Gasteiger partial charge >= 0.3 is 0 Å². The van der Waals surface area contributed by atoms with E-state index >= 15 is 0 Å². The molecule has 0 spiro atoms. The molecule has 78 valence electrons. The first-order valence-electron chi connectivity index (χ1n) is 2.22. The third-order valence-corrected chi connectivity index (χ3v) is 0. The van der Waals surface area contributed by atoms with E-state index < -0.39 is 0 Å². The van der Waals surface area contributed by atoms with Crippen LogP contribution in [0.25, 0.3) is 0 Å². The minimum Gasteiger partial charge on any atom is -0.400 e. The van der Waals surface area contributed by atoms with Crippen LogP contribution in [0.5, 0.6) is 0 Å². The fourth-order valence-corrected chi connectivity index (χ4v) is 0. The number of aliphatic hydroxyl groups is 1. The van der Waals surface area contributed by atoms with Crippen LogP contribution in [0, 0.1) is 0 Å². The minimum atomic E-state index is 0.